The van der Waals surface area contributed by atoms with Gasteiger partial charge in [0, 0.05) is 17.6 Å². The lowest BCUT2D eigenvalue weighted by Crippen LogP contribution is -2.20. The quantitative estimate of drug-likeness (QED) is 0.882. The first-order chi connectivity index (χ1) is 9.24. The second-order valence-corrected chi connectivity index (χ2v) is 5.08. The van der Waals surface area contributed by atoms with Crippen molar-refractivity contribution in [1.29, 1.82) is 0 Å². The fourth-order valence-electron chi connectivity index (χ4n) is 1.79. The van der Waals surface area contributed by atoms with E-state index in [1.807, 2.05) is 0 Å². The van der Waals surface area contributed by atoms with E-state index in [4.69, 9.17) is 5.73 Å². The third-order valence-corrected chi connectivity index (χ3v) is 3.77. The number of nitrogens with zero attached hydrogens (tertiary/aromatic N) is 2. The number of thiazole rings is 1. The summed E-state index contributed by atoms with van der Waals surface area (Å²) < 4.78 is 13.0. The molecule has 0 radical (unpaired) electrons. The zero-order chi connectivity index (χ0) is 13.7. The van der Waals surface area contributed by atoms with Gasteiger partial charge in [-0.2, -0.15) is 0 Å². The van der Waals surface area contributed by atoms with Gasteiger partial charge in [-0.3, -0.25) is 0 Å². The zero-order valence-electron chi connectivity index (χ0n) is 11.0. The van der Waals surface area contributed by atoms with E-state index in [9.17, 15) is 4.39 Å². The fraction of sp³-hybridized carbons (Fsp3) is 0.357. The van der Waals surface area contributed by atoms with Crippen LogP contribution in [0, 0.1) is 5.82 Å². The minimum absolute atomic E-state index is 0.226. The minimum Gasteiger partial charge on any atom is -0.330 e. The molecule has 2 N–H and O–H groups in total. The summed E-state index contributed by atoms with van der Waals surface area (Å²) in [4.78, 5) is 6.68. The summed E-state index contributed by atoms with van der Waals surface area (Å²) in [5.74, 6) is -0.226. The average Bonchev–Trinajstić information content (AvgIpc) is 2.90. The molecule has 0 fully saturated rings. The standard InChI is InChI=1S/C14H18FN3S/c1-2-12-10-19-14(17-12)18(9-3-8-16)13-6-4-11(15)5-7-13/h4-7,10H,2-3,8-9,16H2,1H3. The molecular formula is C14H18FN3S. The van der Waals surface area contributed by atoms with Crippen molar-refractivity contribution < 1.29 is 4.39 Å². The van der Waals surface area contributed by atoms with Gasteiger partial charge in [0.2, 0.25) is 0 Å². The van der Waals surface area contributed by atoms with Crippen LogP contribution in [0.5, 0.6) is 0 Å². The number of hydrogen-bond donors (Lipinski definition) is 1. The van der Waals surface area contributed by atoms with Crippen molar-refractivity contribution in [3.8, 4) is 0 Å². The Balaban J connectivity index is 2.26. The summed E-state index contributed by atoms with van der Waals surface area (Å²) in [5, 5.41) is 3.01. The van der Waals surface area contributed by atoms with Gasteiger partial charge in [-0.05, 0) is 43.7 Å². The Hall–Kier alpha value is -1.46. The molecule has 0 saturated heterocycles. The average molecular weight is 279 g/mol. The smallest absolute Gasteiger partial charge is 0.190 e. The molecule has 0 bridgehead atoms. The number of rotatable bonds is 6. The lowest BCUT2D eigenvalue weighted by molar-refractivity contribution is 0.627. The molecule has 0 aliphatic heterocycles. The van der Waals surface area contributed by atoms with E-state index in [-0.39, 0.29) is 5.82 Å². The first-order valence-electron chi connectivity index (χ1n) is 6.42. The molecule has 2 aromatic rings. The Kier molecular flexibility index (Phi) is 4.87. The fourth-order valence-corrected chi connectivity index (χ4v) is 2.74. The molecule has 0 unspecified atom stereocenters. The van der Waals surface area contributed by atoms with E-state index < -0.39 is 0 Å². The van der Waals surface area contributed by atoms with E-state index in [2.05, 4.69) is 22.2 Å². The SMILES string of the molecule is CCc1csc(N(CCCN)c2ccc(F)cc2)n1. The molecule has 0 aliphatic carbocycles. The highest BCUT2D eigenvalue weighted by molar-refractivity contribution is 7.13. The van der Waals surface area contributed by atoms with Crippen LogP contribution in [0.3, 0.4) is 0 Å². The Morgan fingerprint density at radius 2 is 2.05 bits per heavy atom. The minimum atomic E-state index is -0.226. The van der Waals surface area contributed by atoms with Crippen molar-refractivity contribution in [3.05, 3.63) is 41.2 Å². The van der Waals surface area contributed by atoms with Crippen LogP contribution >= 0.6 is 11.3 Å². The van der Waals surface area contributed by atoms with Crippen molar-refractivity contribution in [2.45, 2.75) is 19.8 Å². The van der Waals surface area contributed by atoms with Crippen LogP contribution in [-0.2, 0) is 6.42 Å². The third kappa shape index (κ3) is 3.52. The van der Waals surface area contributed by atoms with Crippen molar-refractivity contribution in [1.82, 2.24) is 4.98 Å². The number of aryl methyl sites for hydroxylation is 1. The number of aromatic nitrogens is 1. The Labute approximate surface area is 116 Å². The van der Waals surface area contributed by atoms with Crippen molar-refractivity contribution in [2.75, 3.05) is 18.0 Å². The maximum absolute atomic E-state index is 13.0. The van der Waals surface area contributed by atoms with Crippen LogP contribution in [0.4, 0.5) is 15.2 Å². The molecule has 0 saturated carbocycles. The second kappa shape index (κ2) is 6.63. The molecule has 0 atom stereocenters. The predicted molar refractivity (Wildman–Crippen MR) is 78.6 cm³/mol. The van der Waals surface area contributed by atoms with Crippen LogP contribution in [0.15, 0.2) is 29.6 Å². The third-order valence-electron chi connectivity index (χ3n) is 2.86. The van der Waals surface area contributed by atoms with Gasteiger partial charge < -0.3 is 10.6 Å². The first-order valence-corrected chi connectivity index (χ1v) is 7.30. The van der Waals surface area contributed by atoms with Crippen molar-refractivity contribution in [2.24, 2.45) is 5.73 Å². The van der Waals surface area contributed by atoms with E-state index in [1.165, 1.54) is 12.1 Å². The number of nitrogens with two attached hydrogens (primary N) is 1. The van der Waals surface area contributed by atoms with E-state index in [0.717, 1.165) is 35.9 Å². The topological polar surface area (TPSA) is 42.1 Å². The van der Waals surface area contributed by atoms with Crippen LogP contribution in [0.1, 0.15) is 19.0 Å². The number of anilines is 2. The summed E-state index contributed by atoms with van der Waals surface area (Å²) >= 11 is 1.61. The molecule has 1 heterocycles. The highest BCUT2D eigenvalue weighted by Gasteiger charge is 2.12. The van der Waals surface area contributed by atoms with E-state index in [0.29, 0.717) is 6.54 Å². The van der Waals surface area contributed by atoms with Gasteiger partial charge in [-0.1, -0.05) is 6.92 Å². The molecule has 3 nitrogen and oxygen atoms in total. The van der Waals surface area contributed by atoms with Gasteiger partial charge in [0.1, 0.15) is 5.82 Å². The second-order valence-electron chi connectivity index (χ2n) is 4.25. The molecule has 1 aromatic heterocycles. The Morgan fingerprint density at radius 3 is 2.63 bits per heavy atom. The monoisotopic (exact) mass is 279 g/mol. The molecule has 1 aromatic carbocycles. The molecule has 5 heteroatoms. The predicted octanol–water partition coefficient (Wildman–Crippen LogP) is 3.33. The highest BCUT2D eigenvalue weighted by atomic mass is 32.1. The number of hydrogen-bond acceptors (Lipinski definition) is 4. The molecule has 102 valence electrons. The Bertz CT molecular complexity index is 510. The van der Waals surface area contributed by atoms with Gasteiger partial charge in [0.05, 0.1) is 5.69 Å². The molecule has 0 spiro atoms. The van der Waals surface area contributed by atoms with E-state index in [1.54, 1.807) is 23.5 Å². The summed E-state index contributed by atoms with van der Waals surface area (Å²) in [6, 6.07) is 6.50. The van der Waals surface area contributed by atoms with Crippen molar-refractivity contribution in [3.63, 3.8) is 0 Å². The summed E-state index contributed by atoms with van der Waals surface area (Å²) in [6.07, 6.45) is 1.79. The first kappa shape index (κ1) is 14.0. The van der Waals surface area contributed by atoms with Gasteiger partial charge in [0.15, 0.2) is 5.13 Å². The lowest BCUT2D eigenvalue weighted by Gasteiger charge is -2.21. The largest absolute Gasteiger partial charge is 0.330 e. The van der Waals surface area contributed by atoms with Gasteiger partial charge in [-0.25, -0.2) is 9.37 Å². The van der Waals surface area contributed by atoms with Gasteiger partial charge in [-0.15, -0.1) is 11.3 Å². The number of benzene rings is 1. The van der Waals surface area contributed by atoms with Crippen LogP contribution in [0.2, 0.25) is 0 Å². The van der Waals surface area contributed by atoms with Crippen LogP contribution in [0.25, 0.3) is 0 Å². The molecule has 0 aliphatic rings. The summed E-state index contributed by atoms with van der Waals surface area (Å²) in [5.41, 5.74) is 7.62. The van der Waals surface area contributed by atoms with Crippen LogP contribution < -0.4 is 10.6 Å². The summed E-state index contributed by atoms with van der Waals surface area (Å²) in [7, 11) is 0. The number of halogens is 1. The molecular weight excluding hydrogens is 261 g/mol. The molecule has 19 heavy (non-hydrogen) atoms. The maximum Gasteiger partial charge on any atom is 0.190 e. The lowest BCUT2D eigenvalue weighted by atomic mass is 10.2. The van der Waals surface area contributed by atoms with Crippen molar-refractivity contribution >= 4 is 22.2 Å². The Morgan fingerprint density at radius 1 is 1.32 bits per heavy atom. The normalized spacial score (nSPS) is 10.7. The van der Waals surface area contributed by atoms with E-state index >= 15 is 0 Å². The maximum atomic E-state index is 13.0. The summed E-state index contributed by atoms with van der Waals surface area (Å²) in [6.45, 7) is 3.50. The zero-order valence-corrected chi connectivity index (χ0v) is 11.8. The van der Waals surface area contributed by atoms with Gasteiger partial charge in [0.25, 0.3) is 0 Å². The molecule has 0 amide bonds. The highest BCUT2D eigenvalue weighted by Crippen LogP contribution is 2.29. The van der Waals surface area contributed by atoms with Gasteiger partial charge >= 0.3 is 0 Å². The molecule has 2 rings (SSSR count). The van der Waals surface area contributed by atoms with Crippen LogP contribution in [-0.4, -0.2) is 18.1 Å².